The van der Waals surface area contributed by atoms with Gasteiger partial charge in [-0.15, -0.1) is 0 Å². The lowest BCUT2D eigenvalue weighted by molar-refractivity contribution is -0.138. The average molecular weight is 329 g/mol. The van der Waals surface area contributed by atoms with E-state index in [4.69, 9.17) is 21.7 Å². The summed E-state index contributed by atoms with van der Waals surface area (Å²) in [7, 11) is 0. The van der Waals surface area contributed by atoms with E-state index in [1.165, 1.54) is 11.8 Å². The summed E-state index contributed by atoms with van der Waals surface area (Å²) in [4.78, 5) is 25.9. The van der Waals surface area contributed by atoms with Crippen molar-refractivity contribution in [1.82, 2.24) is 15.1 Å². The summed E-state index contributed by atoms with van der Waals surface area (Å²) >= 11 is 6.76. The van der Waals surface area contributed by atoms with Crippen LogP contribution in [0.1, 0.15) is 5.76 Å². The lowest BCUT2D eigenvalue weighted by Gasteiger charge is -2.35. The van der Waals surface area contributed by atoms with Gasteiger partial charge in [0.15, 0.2) is 0 Å². The van der Waals surface area contributed by atoms with Crippen molar-refractivity contribution in [2.24, 2.45) is 0 Å². The largest absolute Gasteiger partial charge is 0.480 e. The molecule has 1 amide bonds. The third kappa shape index (κ3) is 5.03. The zero-order valence-corrected chi connectivity index (χ0v) is 12.8. The Labute approximate surface area is 131 Å². The summed E-state index contributed by atoms with van der Waals surface area (Å²) in [6.45, 7) is 0.824. The van der Waals surface area contributed by atoms with E-state index in [1.807, 2.05) is 21.9 Å². The first kappa shape index (κ1) is 15.8. The van der Waals surface area contributed by atoms with Crippen LogP contribution in [-0.2, 0) is 16.1 Å². The topological polar surface area (TPSA) is 86.0 Å². The zero-order chi connectivity index (χ0) is 15.2. The molecule has 0 aromatic carbocycles. The molecule has 0 atom stereocenters. The van der Waals surface area contributed by atoms with E-state index >= 15 is 0 Å². The summed E-state index contributed by atoms with van der Waals surface area (Å²) in [5.74, 6) is 0.0319. The molecule has 1 aromatic heterocycles. The Morgan fingerprint density at radius 3 is 3.00 bits per heavy atom. The Hall–Kier alpha value is -1.58. The standard InChI is InChI=1S/C12H15N3O4S2/c16-10(13-4-11(17)18)6-14-7-15(12(20)21-8-14)5-9-2-1-3-19-9/h1-3H,4-8H2,(H,13,16)(H,17,18). The van der Waals surface area contributed by atoms with E-state index in [0.29, 0.717) is 19.1 Å². The number of carbonyl (C=O) groups is 2. The number of hydrogen-bond donors (Lipinski definition) is 2. The van der Waals surface area contributed by atoms with E-state index in [2.05, 4.69) is 5.32 Å². The lowest BCUT2D eigenvalue weighted by Crippen LogP contribution is -2.48. The monoisotopic (exact) mass is 329 g/mol. The van der Waals surface area contributed by atoms with Gasteiger partial charge in [-0.1, -0.05) is 24.0 Å². The first-order chi connectivity index (χ1) is 10.0. The van der Waals surface area contributed by atoms with Gasteiger partial charge in [-0.05, 0) is 12.1 Å². The maximum absolute atomic E-state index is 11.6. The van der Waals surface area contributed by atoms with Crippen LogP contribution < -0.4 is 5.32 Å². The van der Waals surface area contributed by atoms with Crippen molar-refractivity contribution in [2.75, 3.05) is 25.6 Å². The van der Waals surface area contributed by atoms with Gasteiger partial charge in [0.2, 0.25) is 5.91 Å². The van der Waals surface area contributed by atoms with Crippen LogP contribution in [0.25, 0.3) is 0 Å². The molecule has 2 heterocycles. The molecule has 1 aliphatic heterocycles. The highest BCUT2D eigenvalue weighted by Crippen LogP contribution is 2.20. The molecule has 7 nitrogen and oxygen atoms in total. The number of nitrogens with one attached hydrogen (secondary N) is 1. The van der Waals surface area contributed by atoms with Crippen molar-refractivity contribution < 1.29 is 19.1 Å². The van der Waals surface area contributed by atoms with Crippen LogP contribution in [0, 0.1) is 0 Å². The predicted molar refractivity (Wildman–Crippen MR) is 81.5 cm³/mol. The lowest BCUT2D eigenvalue weighted by atomic mass is 10.4. The van der Waals surface area contributed by atoms with Gasteiger partial charge >= 0.3 is 5.97 Å². The first-order valence-corrected chi connectivity index (χ1v) is 7.59. The van der Waals surface area contributed by atoms with Crippen LogP contribution in [0.15, 0.2) is 22.8 Å². The van der Waals surface area contributed by atoms with Crippen LogP contribution in [0.5, 0.6) is 0 Å². The van der Waals surface area contributed by atoms with Gasteiger partial charge < -0.3 is 19.7 Å². The van der Waals surface area contributed by atoms with Crippen LogP contribution in [0.2, 0.25) is 0 Å². The highest BCUT2D eigenvalue weighted by molar-refractivity contribution is 8.22. The van der Waals surface area contributed by atoms with Gasteiger partial charge in [-0.25, -0.2) is 0 Å². The molecule has 0 radical (unpaired) electrons. The molecule has 0 bridgehead atoms. The molecule has 1 aromatic rings. The fourth-order valence-corrected chi connectivity index (χ4v) is 2.86. The van der Waals surface area contributed by atoms with Crippen LogP contribution in [0.4, 0.5) is 0 Å². The molecule has 114 valence electrons. The molecule has 9 heteroatoms. The number of nitrogens with zero attached hydrogens (tertiary/aromatic N) is 2. The van der Waals surface area contributed by atoms with Gasteiger partial charge in [-0.2, -0.15) is 0 Å². The number of amides is 1. The number of hydrogen-bond acceptors (Lipinski definition) is 6. The van der Waals surface area contributed by atoms with Crippen molar-refractivity contribution >= 4 is 40.2 Å². The van der Waals surface area contributed by atoms with Crippen molar-refractivity contribution in [3.05, 3.63) is 24.2 Å². The van der Waals surface area contributed by atoms with E-state index in [0.717, 1.165) is 10.1 Å². The number of thioether (sulfide) groups is 1. The summed E-state index contributed by atoms with van der Waals surface area (Å²) < 4.78 is 6.05. The molecule has 1 fully saturated rings. The highest BCUT2D eigenvalue weighted by atomic mass is 32.2. The quantitative estimate of drug-likeness (QED) is 0.731. The molecule has 1 saturated heterocycles. The molecule has 0 unspecified atom stereocenters. The second kappa shape index (κ2) is 7.43. The minimum absolute atomic E-state index is 0.136. The van der Waals surface area contributed by atoms with E-state index in [1.54, 1.807) is 6.26 Å². The van der Waals surface area contributed by atoms with Crippen LogP contribution >= 0.6 is 24.0 Å². The maximum Gasteiger partial charge on any atom is 0.322 e. The molecule has 21 heavy (non-hydrogen) atoms. The Morgan fingerprint density at radius 2 is 2.33 bits per heavy atom. The number of carboxylic acid groups (broad SMARTS) is 1. The summed E-state index contributed by atoms with van der Waals surface area (Å²) in [6.07, 6.45) is 1.60. The molecule has 2 N–H and O–H groups in total. The average Bonchev–Trinajstić information content (AvgIpc) is 2.93. The Balaban J connectivity index is 1.83. The highest BCUT2D eigenvalue weighted by Gasteiger charge is 2.24. The number of aliphatic carboxylic acids is 1. The van der Waals surface area contributed by atoms with Gasteiger partial charge in [0.1, 0.15) is 16.6 Å². The van der Waals surface area contributed by atoms with E-state index < -0.39 is 5.97 Å². The van der Waals surface area contributed by atoms with Crippen molar-refractivity contribution in [1.29, 1.82) is 0 Å². The normalized spacial score (nSPS) is 16.0. The van der Waals surface area contributed by atoms with Crippen molar-refractivity contribution in [3.8, 4) is 0 Å². The van der Waals surface area contributed by atoms with Gasteiger partial charge in [-0.3, -0.25) is 14.5 Å². The molecule has 1 aliphatic rings. The number of carbonyl (C=O) groups excluding carboxylic acids is 1. The predicted octanol–water partition coefficient (Wildman–Crippen LogP) is 0.531. The zero-order valence-electron chi connectivity index (χ0n) is 11.2. The molecule has 0 aliphatic carbocycles. The third-order valence-electron chi connectivity index (χ3n) is 2.73. The molecule has 0 saturated carbocycles. The number of furan rings is 1. The third-order valence-corrected chi connectivity index (χ3v) is 4.34. The fraction of sp³-hybridized carbons (Fsp3) is 0.417. The first-order valence-electron chi connectivity index (χ1n) is 6.19. The maximum atomic E-state index is 11.6. The molecule has 2 rings (SSSR count). The van der Waals surface area contributed by atoms with E-state index in [9.17, 15) is 9.59 Å². The Bertz CT molecular complexity index is 521. The number of thiocarbonyl (C=S) groups is 1. The van der Waals surface area contributed by atoms with Crippen molar-refractivity contribution in [2.45, 2.75) is 6.54 Å². The summed E-state index contributed by atoms with van der Waals surface area (Å²) in [6, 6.07) is 3.68. The molecular formula is C12H15N3O4S2. The Kier molecular flexibility index (Phi) is 5.59. The van der Waals surface area contributed by atoms with Gasteiger partial charge in [0.25, 0.3) is 0 Å². The molecular weight excluding hydrogens is 314 g/mol. The SMILES string of the molecule is O=C(O)CNC(=O)CN1CSC(=S)N(Cc2ccco2)C1. The van der Waals surface area contributed by atoms with Gasteiger partial charge in [0, 0.05) is 0 Å². The van der Waals surface area contributed by atoms with Crippen LogP contribution in [0.3, 0.4) is 0 Å². The van der Waals surface area contributed by atoms with Crippen molar-refractivity contribution in [3.63, 3.8) is 0 Å². The minimum Gasteiger partial charge on any atom is -0.480 e. The smallest absolute Gasteiger partial charge is 0.322 e. The second-order valence-corrected chi connectivity index (χ2v) is 6.04. The number of rotatable bonds is 6. The summed E-state index contributed by atoms with van der Waals surface area (Å²) in [5.41, 5.74) is 0. The summed E-state index contributed by atoms with van der Waals surface area (Å²) in [5, 5.41) is 10.9. The van der Waals surface area contributed by atoms with E-state index in [-0.39, 0.29) is 19.0 Å². The Morgan fingerprint density at radius 1 is 1.52 bits per heavy atom. The minimum atomic E-state index is -1.06. The van der Waals surface area contributed by atoms with Gasteiger partial charge in [0.05, 0.1) is 31.9 Å². The second-order valence-electron chi connectivity index (χ2n) is 4.46. The number of carboxylic acids is 1. The van der Waals surface area contributed by atoms with Crippen LogP contribution in [-0.4, -0.2) is 56.7 Å². The fourth-order valence-electron chi connectivity index (χ4n) is 1.81. The molecule has 0 spiro atoms.